The summed E-state index contributed by atoms with van der Waals surface area (Å²) in [6.07, 6.45) is -0.0321. The fraction of sp³-hybridized carbons (Fsp3) is 0.227. The number of fused-ring (bicyclic) bond motifs is 1. The Balaban J connectivity index is 1.51. The second kappa shape index (κ2) is 9.53. The molecule has 2 aromatic carbocycles. The lowest BCUT2D eigenvalue weighted by molar-refractivity contribution is -0.384. The highest BCUT2D eigenvalue weighted by atomic mass is 35.5. The van der Waals surface area contributed by atoms with Gasteiger partial charge in [0, 0.05) is 35.2 Å². The van der Waals surface area contributed by atoms with Gasteiger partial charge in [0.1, 0.15) is 11.8 Å². The van der Waals surface area contributed by atoms with E-state index in [4.69, 9.17) is 16.3 Å². The van der Waals surface area contributed by atoms with Crippen molar-refractivity contribution in [3.8, 4) is 0 Å². The second-order valence-corrected chi connectivity index (χ2v) is 7.35. The van der Waals surface area contributed by atoms with Gasteiger partial charge in [-0.15, -0.1) is 0 Å². The minimum absolute atomic E-state index is 0.0240. The van der Waals surface area contributed by atoms with Gasteiger partial charge in [0.2, 0.25) is 0 Å². The SMILES string of the molecule is Cc1ccc2cc(COC(=O)CCNC(=O)c3ccc([N+](=O)[O-])cc3)c(Cl)nc2c1C. The Morgan fingerprint density at radius 3 is 2.55 bits per heavy atom. The summed E-state index contributed by atoms with van der Waals surface area (Å²) < 4.78 is 5.25. The van der Waals surface area contributed by atoms with Gasteiger partial charge < -0.3 is 10.1 Å². The van der Waals surface area contributed by atoms with Gasteiger partial charge in [-0.3, -0.25) is 19.7 Å². The number of aromatic nitrogens is 1. The van der Waals surface area contributed by atoms with E-state index in [2.05, 4.69) is 10.3 Å². The van der Waals surface area contributed by atoms with Crippen LogP contribution in [0.4, 0.5) is 5.69 Å². The molecule has 3 aromatic rings. The van der Waals surface area contributed by atoms with Crippen LogP contribution in [0.15, 0.2) is 42.5 Å². The maximum absolute atomic E-state index is 12.0. The lowest BCUT2D eigenvalue weighted by atomic mass is 10.0. The first-order chi connectivity index (χ1) is 14.8. The third-order valence-electron chi connectivity index (χ3n) is 4.88. The number of nitro benzene ring substituents is 1. The Hall–Kier alpha value is -3.52. The van der Waals surface area contributed by atoms with Crippen molar-refractivity contribution in [1.82, 2.24) is 10.3 Å². The number of carbonyl (C=O) groups is 2. The lowest BCUT2D eigenvalue weighted by Gasteiger charge is -2.10. The Bertz CT molecular complexity index is 1160. The van der Waals surface area contributed by atoms with Crippen LogP contribution in [0.1, 0.15) is 33.5 Å². The number of esters is 1. The maximum atomic E-state index is 12.0. The van der Waals surface area contributed by atoms with E-state index in [1.54, 1.807) is 0 Å². The van der Waals surface area contributed by atoms with Gasteiger partial charge in [0.15, 0.2) is 0 Å². The van der Waals surface area contributed by atoms with E-state index < -0.39 is 16.8 Å². The zero-order valence-electron chi connectivity index (χ0n) is 17.0. The van der Waals surface area contributed by atoms with E-state index in [1.165, 1.54) is 24.3 Å². The number of nitrogens with zero attached hydrogens (tertiary/aromatic N) is 2. The molecule has 31 heavy (non-hydrogen) atoms. The molecule has 9 heteroatoms. The molecule has 0 saturated heterocycles. The molecule has 0 fully saturated rings. The van der Waals surface area contributed by atoms with Crippen molar-refractivity contribution < 1.29 is 19.2 Å². The number of carbonyl (C=O) groups excluding carboxylic acids is 2. The topological polar surface area (TPSA) is 111 Å². The van der Waals surface area contributed by atoms with Crippen LogP contribution < -0.4 is 5.32 Å². The molecule has 0 saturated carbocycles. The number of rotatable bonds is 7. The molecule has 3 rings (SSSR count). The lowest BCUT2D eigenvalue weighted by Crippen LogP contribution is -2.26. The van der Waals surface area contributed by atoms with Gasteiger partial charge in [-0.25, -0.2) is 4.98 Å². The fourth-order valence-electron chi connectivity index (χ4n) is 2.95. The summed E-state index contributed by atoms with van der Waals surface area (Å²) in [4.78, 5) is 38.6. The van der Waals surface area contributed by atoms with Gasteiger partial charge in [-0.1, -0.05) is 23.7 Å². The third kappa shape index (κ3) is 5.35. The summed E-state index contributed by atoms with van der Waals surface area (Å²) in [6.45, 7) is 4.02. The van der Waals surface area contributed by atoms with Gasteiger partial charge in [0.05, 0.1) is 16.9 Å². The van der Waals surface area contributed by atoms with E-state index in [0.29, 0.717) is 5.56 Å². The van der Waals surface area contributed by atoms with E-state index in [1.807, 2.05) is 32.0 Å². The van der Waals surface area contributed by atoms with Gasteiger partial charge in [-0.2, -0.15) is 0 Å². The highest BCUT2D eigenvalue weighted by molar-refractivity contribution is 6.30. The zero-order valence-corrected chi connectivity index (χ0v) is 17.7. The number of pyridine rings is 1. The molecule has 1 amide bonds. The van der Waals surface area contributed by atoms with Crippen LogP contribution in [-0.4, -0.2) is 28.3 Å². The highest BCUT2D eigenvalue weighted by Gasteiger charge is 2.12. The van der Waals surface area contributed by atoms with Crippen molar-refractivity contribution in [2.45, 2.75) is 26.9 Å². The number of benzene rings is 2. The molecule has 0 aliphatic carbocycles. The number of ether oxygens (including phenoxy) is 1. The number of non-ortho nitro benzene ring substituents is 1. The zero-order chi connectivity index (χ0) is 22.5. The standard InChI is InChI=1S/C22H20ClN3O5/c1-13-3-4-16-11-17(21(23)25-20(16)14(13)2)12-31-19(27)9-10-24-22(28)15-5-7-18(8-6-15)26(29)30/h3-8,11H,9-10,12H2,1-2H3,(H,24,28). The van der Waals surface area contributed by atoms with Crippen LogP contribution in [0.5, 0.6) is 0 Å². The Morgan fingerprint density at radius 1 is 1.16 bits per heavy atom. The molecule has 0 atom stereocenters. The number of aryl methyl sites for hydroxylation is 2. The number of hydrogen-bond donors (Lipinski definition) is 1. The van der Waals surface area contributed by atoms with Crippen LogP contribution in [0.3, 0.4) is 0 Å². The second-order valence-electron chi connectivity index (χ2n) is 6.99. The monoisotopic (exact) mass is 441 g/mol. The van der Waals surface area contributed by atoms with Crippen molar-refractivity contribution in [3.05, 3.63) is 80.0 Å². The third-order valence-corrected chi connectivity index (χ3v) is 5.21. The normalized spacial score (nSPS) is 10.7. The van der Waals surface area contributed by atoms with Crippen LogP contribution in [0, 0.1) is 24.0 Å². The van der Waals surface area contributed by atoms with Crippen LogP contribution in [-0.2, 0) is 16.1 Å². The molecule has 0 radical (unpaired) electrons. The van der Waals surface area contributed by atoms with Crippen LogP contribution in [0.2, 0.25) is 5.15 Å². The predicted octanol–water partition coefficient (Wildman–Crippen LogP) is 4.28. The van der Waals surface area contributed by atoms with Gasteiger partial charge in [-0.05, 0) is 43.2 Å². The summed E-state index contributed by atoms with van der Waals surface area (Å²) in [5.74, 6) is -0.935. The first-order valence-electron chi connectivity index (χ1n) is 9.50. The van der Waals surface area contributed by atoms with Gasteiger partial charge >= 0.3 is 5.97 Å². The number of amides is 1. The Labute approximate surface area is 183 Å². The first-order valence-corrected chi connectivity index (χ1v) is 9.87. The van der Waals surface area contributed by atoms with E-state index in [9.17, 15) is 19.7 Å². The summed E-state index contributed by atoms with van der Waals surface area (Å²) in [7, 11) is 0. The number of hydrogen-bond acceptors (Lipinski definition) is 6. The molecule has 0 unspecified atom stereocenters. The molecule has 0 aliphatic heterocycles. The molecule has 8 nitrogen and oxygen atoms in total. The predicted molar refractivity (Wildman–Crippen MR) is 116 cm³/mol. The first kappa shape index (κ1) is 22.2. The molecule has 160 valence electrons. The van der Waals surface area contributed by atoms with Crippen molar-refractivity contribution in [3.63, 3.8) is 0 Å². The summed E-state index contributed by atoms with van der Waals surface area (Å²) in [6, 6.07) is 11.0. The van der Waals surface area contributed by atoms with Crippen LogP contribution >= 0.6 is 11.6 Å². The van der Waals surface area contributed by atoms with Crippen molar-refractivity contribution in [1.29, 1.82) is 0 Å². The van der Waals surface area contributed by atoms with Crippen molar-refractivity contribution in [2.75, 3.05) is 6.54 Å². The molecular weight excluding hydrogens is 422 g/mol. The molecule has 1 heterocycles. The average molecular weight is 442 g/mol. The average Bonchev–Trinajstić information content (AvgIpc) is 2.75. The minimum Gasteiger partial charge on any atom is -0.461 e. The molecule has 1 aromatic heterocycles. The van der Waals surface area contributed by atoms with Crippen LogP contribution in [0.25, 0.3) is 10.9 Å². The molecule has 1 N–H and O–H groups in total. The molecule has 0 bridgehead atoms. The minimum atomic E-state index is -0.544. The summed E-state index contributed by atoms with van der Waals surface area (Å²) in [5.41, 5.74) is 3.73. The summed E-state index contributed by atoms with van der Waals surface area (Å²) >= 11 is 6.25. The molecule has 0 aliphatic rings. The van der Waals surface area contributed by atoms with Crippen molar-refractivity contribution >= 4 is 40.1 Å². The Morgan fingerprint density at radius 2 is 1.87 bits per heavy atom. The number of nitro groups is 1. The molecular formula is C22H20ClN3O5. The van der Waals surface area contributed by atoms with E-state index in [0.717, 1.165) is 22.0 Å². The maximum Gasteiger partial charge on any atom is 0.307 e. The molecule has 0 spiro atoms. The highest BCUT2D eigenvalue weighted by Crippen LogP contribution is 2.25. The quantitative estimate of drug-likeness (QED) is 0.253. The largest absolute Gasteiger partial charge is 0.461 e. The van der Waals surface area contributed by atoms with E-state index in [-0.39, 0.29) is 36.0 Å². The number of halogens is 1. The Kier molecular flexibility index (Phi) is 6.81. The smallest absolute Gasteiger partial charge is 0.307 e. The van der Waals surface area contributed by atoms with Crippen molar-refractivity contribution in [2.24, 2.45) is 0 Å². The fourth-order valence-corrected chi connectivity index (χ4v) is 3.14. The van der Waals surface area contributed by atoms with E-state index >= 15 is 0 Å². The summed E-state index contributed by atoms with van der Waals surface area (Å²) in [5, 5.41) is 14.4. The van der Waals surface area contributed by atoms with Gasteiger partial charge in [0.25, 0.3) is 11.6 Å². The number of nitrogens with one attached hydrogen (secondary N) is 1.